The average Bonchev–Trinajstić information content (AvgIpc) is 2.83. The molecule has 2 aromatic heterocycles. The van der Waals surface area contributed by atoms with Crippen LogP contribution >= 0.6 is 0 Å². The Labute approximate surface area is 103 Å². The van der Waals surface area contributed by atoms with E-state index in [1.165, 1.54) is 18.0 Å². The maximum absolute atomic E-state index is 11.6. The van der Waals surface area contributed by atoms with Gasteiger partial charge in [-0.15, -0.1) is 10.2 Å². The van der Waals surface area contributed by atoms with Crippen molar-refractivity contribution in [1.82, 2.24) is 29.7 Å². The summed E-state index contributed by atoms with van der Waals surface area (Å²) in [4.78, 5) is 17.3. The van der Waals surface area contributed by atoms with E-state index in [1.54, 1.807) is 12.3 Å². The Balaban J connectivity index is 2.62. The van der Waals surface area contributed by atoms with Crippen LogP contribution in [0, 0.1) is 0 Å². The number of hydrogen-bond donors (Lipinski definition) is 0. The molecule has 0 aromatic carbocycles. The van der Waals surface area contributed by atoms with E-state index >= 15 is 0 Å². The molecule has 0 aliphatic carbocycles. The molecule has 0 amide bonds. The van der Waals surface area contributed by atoms with Crippen molar-refractivity contribution in [3.8, 4) is 0 Å². The molecule has 0 saturated carbocycles. The molecule has 8 heteroatoms. The first kappa shape index (κ1) is 12.0. The Hall–Kier alpha value is -2.51. The normalized spacial score (nSPS) is 11.1. The highest BCUT2D eigenvalue weighted by molar-refractivity contribution is 5.90. The van der Waals surface area contributed by atoms with Crippen LogP contribution in [-0.4, -0.2) is 56.9 Å². The molecule has 0 fully saturated rings. The maximum atomic E-state index is 11.6. The molecular weight excluding hydrogens is 236 g/mol. The lowest BCUT2D eigenvalue weighted by Crippen LogP contribution is -2.13. The van der Waals surface area contributed by atoms with Crippen molar-refractivity contribution in [2.24, 2.45) is 0 Å². The Kier molecular flexibility index (Phi) is 3.18. The largest absolute Gasteiger partial charge is 0.464 e. The summed E-state index contributed by atoms with van der Waals surface area (Å²) in [6.45, 7) is 0. The van der Waals surface area contributed by atoms with E-state index in [1.807, 2.05) is 19.0 Å². The van der Waals surface area contributed by atoms with Crippen molar-refractivity contribution in [1.29, 1.82) is 0 Å². The van der Waals surface area contributed by atoms with Crippen LogP contribution in [0.2, 0.25) is 0 Å². The van der Waals surface area contributed by atoms with Gasteiger partial charge in [-0.3, -0.25) is 0 Å². The molecule has 8 nitrogen and oxygen atoms in total. The van der Waals surface area contributed by atoms with Crippen molar-refractivity contribution in [2.75, 3.05) is 21.2 Å². The molecule has 0 spiro atoms. The molecule has 0 N–H and O–H groups in total. The number of nitrogens with zero attached hydrogens (tertiary/aromatic N) is 6. The lowest BCUT2D eigenvalue weighted by molar-refractivity contribution is 0.0591. The molecule has 0 saturated heterocycles. The highest BCUT2D eigenvalue weighted by atomic mass is 16.5. The molecule has 0 atom stereocenters. The SMILES string of the molecule is COC(=O)c1nnc2ncnn2c1/C=C/N(C)C. The van der Waals surface area contributed by atoms with Crippen molar-refractivity contribution in [3.05, 3.63) is 23.9 Å². The molecule has 94 valence electrons. The number of rotatable bonds is 3. The first-order valence-electron chi connectivity index (χ1n) is 5.13. The van der Waals surface area contributed by atoms with E-state index in [2.05, 4.69) is 25.0 Å². The average molecular weight is 248 g/mol. The summed E-state index contributed by atoms with van der Waals surface area (Å²) in [5, 5.41) is 11.6. The van der Waals surface area contributed by atoms with Gasteiger partial charge in [-0.1, -0.05) is 0 Å². The first-order chi connectivity index (χ1) is 8.63. The van der Waals surface area contributed by atoms with Gasteiger partial charge in [-0.05, 0) is 6.08 Å². The van der Waals surface area contributed by atoms with Crippen LogP contribution in [0.15, 0.2) is 12.5 Å². The Morgan fingerprint density at radius 3 is 2.89 bits per heavy atom. The van der Waals surface area contributed by atoms with Crippen molar-refractivity contribution in [2.45, 2.75) is 0 Å². The number of carbonyl (C=O) groups excluding carboxylic acids is 1. The molecule has 0 radical (unpaired) electrons. The second kappa shape index (κ2) is 4.78. The lowest BCUT2D eigenvalue weighted by Gasteiger charge is -2.06. The van der Waals surface area contributed by atoms with Gasteiger partial charge in [0.25, 0.3) is 5.78 Å². The summed E-state index contributed by atoms with van der Waals surface area (Å²) in [5.41, 5.74) is 0.562. The van der Waals surface area contributed by atoms with Crippen LogP contribution in [0.5, 0.6) is 0 Å². The van der Waals surface area contributed by atoms with Crippen molar-refractivity contribution in [3.63, 3.8) is 0 Å². The molecule has 2 heterocycles. The zero-order valence-electron chi connectivity index (χ0n) is 10.2. The van der Waals surface area contributed by atoms with Crippen LogP contribution in [0.1, 0.15) is 16.2 Å². The van der Waals surface area contributed by atoms with Gasteiger partial charge in [0.2, 0.25) is 0 Å². The van der Waals surface area contributed by atoms with Gasteiger partial charge in [0.15, 0.2) is 5.69 Å². The number of ether oxygens (including phenoxy) is 1. The highest BCUT2D eigenvalue weighted by Gasteiger charge is 2.17. The number of aromatic nitrogens is 5. The minimum Gasteiger partial charge on any atom is -0.464 e. The fraction of sp³-hybridized carbons (Fsp3) is 0.300. The summed E-state index contributed by atoms with van der Waals surface area (Å²) < 4.78 is 6.09. The number of esters is 1. The van der Waals surface area contributed by atoms with E-state index in [0.29, 0.717) is 11.5 Å². The summed E-state index contributed by atoms with van der Waals surface area (Å²) >= 11 is 0. The van der Waals surface area contributed by atoms with Crippen LogP contribution in [0.3, 0.4) is 0 Å². The molecule has 0 unspecified atom stereocenters. The van der Waals surface area contributed by atoms with Crippen LogP contribution in [0.4, 0.5) is 0 Å². The zero-order valence-corrected chi connectivity index (χ0v) is 10.2. The number of hydrogen-bond acceptors (Lipinski definition) is 7. The van der Waals surface area contributed by atoms with E-state index in [0.717, 1.165) is 0 Å². The summed E-state index contributed by atoms with van der Waals surface area (Å²) in [6, 6.07) is 0. The van der Waals surface area contributed by atoms with Gasteiger partial charge in [-0.2, -0.15) is 14.6 Å². The van der Waals surface area contributed by atoms with E-state index in [-0.39, 0.29) is 5.69 Å². The fourth-order valence-corrected chi connectivity index (χ4v) is 1.33. The van der Waals surface area contributed by atoms with E-state index in [4.69, 9.17) is 0 Å². The zero-order chi connectivity index (χ0) is 13.1. The monoisotopic (exact) mass is 248 g/mol. The second-order valence-electron chi connectivity index (χ2n) is 3.68. The molecule has 18 heavy (non-hydrogen) atoms. The van der Waals surface area contributed by atoms with E-state index < -0.39 is 5.97 Å². The number of carbonyl (C=O) groups is 1. The van der Waals surface area contributed by atoms with Crippen LogP contribution in [0.25, 0.3) is 11.9 Å². The molecular formula is C10H12N6O2. The predicted octanol–water partition coefficient (Wildman–Crippen LogP) is -0.162. The summed E-state index contributed by atoms with van der Waals surface area (Å²) in [6.07, 6.45) is 4.81. The third-order valence-electron chi connectivity index (χ3n) is 2.15. The fourth-order valence-electron chi connectivity index (χ4n) is 1.33. The standard InChI is InChI=1S/C10H12N6O2/c1-15(2)5-4-7-8(9(17)18-3)13-14-10-11-6-12-16(7)10/h4-6H,1-3H3/b5-4+. The molecule has 0 aliphatic rings. The van der Waals surface area contributed by atoms with Gasteiger partial charge in [0, 0.05) is 20.3 Å². The molecule has 0 aliphatic heterocycles. The Morgan fingerprint density at radius 2 is 2.22 bits per heavy atom. The van der Waals surface area contributed by atoms with E-state index in [9.17, 15) is 4.79 Å². The number of methoxy groups -OCH3 is 1. The van der Waals surface area contributed by atoms with Gasteiger partial charge in [0.05, 0.1) is 7.11 Å². The molecule has 2 aromatic rings. The van der Waals surface area contributed by atoms with Crippen LogP contribution < -0.4 is 0 Å². The molecule has 0 bridgehead atoms. The maximum Gasteiger partial charge on any atom is 0.360 e. The summed E-state index contributed by atoms with van der Waals surface area (Å²) in [5.74, 6) is -0.251. The topological polar surface area (TPSA) is 85.5 Å². The first-order valence-corrected chi connectivity index (χ1v) is 5.13. The van der Waals surface area contributed by atoms with Crippen LogP contribution in [-0.2, 0) is 4.74 Å². The van der Waals surface area contributed by atoms with Gasteiger partial charge >= 0.3 is 5.97 Å². The third-order valence-corrected chi connectivity index (χ3v) is 2.15. The highest BCUT2D eigenvalue weighted by Crippen LogP contribution is 2.09. The smallest absolute Gasteiger partial charge is 0.360 e. The van der Waals surface area contributed by atoms with Crippen molar-refractivity contribution >= 4 is 17.8 Å². The predicted molar refractivity (Wildman–Crippen MR) is 62.6 cm³/mol. The quantitative estimate of drug-likeness (QED) is 0.697. The van der Waals surface area contributed by atoms with Gasteiger partial charge in [-0.25, -0.2) is 4.79 Å². The second-order valence-corrected chi connectivity index (χ2v) is 3.68. The number of fused-ring (bicyclic) bond motifs is 1. The van der Waals surface area contributed by atoms with Gasteiger partial charge in [0.1, 0.15) is 12.0 Å². The Bertz CT molecular complexity index is 603. The molecule has 2 rings (SSSR count). The lowest BCUT2D eigenvalue weighted by atomic mass is 10.3. The summed E-state index contributed by atoms with van der Waals surface area (Å²) in [7, 11) is 5.01. The minimum atomic E-state index is -0.571. The Morgan fingerprint density at radius 1 is 1.44 bits per heavy atom. The third kappa shape index (κ3) is 2.12. The van der Waals surface area contributed by atoms with Crippen molar-refractivity contribution < 1.29 is 9.53 Å². The van der Waals surface area contributed by atoms with Gasteiger partial charge < -0.3 is 9.64 Å². The minimum absolute atomic E-state index is 0.0913.